The standard InChI is InChI=1S/C9H18N2O2/c1-5(2)8(7(4)12)11-9(13)6(3)10/h5-6,8H,10H2,1-4H3,(H,11,13)/t6-,8-/m0/s1. The molecule has 2 atom stereocenters. The first-order valence-electron chi connectivity index (χ1n) is 4.42. The molecule has 0 aromatic carbocycles. The molecule has 0 bridgehead atoms. The van der Waals surface area contributed by atoms with Crippen molar-refractivity contribution in [3.63, 3.8) is 0 Å². The third-order valence-electron chi connectivity index (χ3n) is 1.82. The lowest BCUT2D eigenvalue weighted by molar-refractivity contribution is -0.128. The van der Waals surface area contributed by atoms with Gasteiger partial charge < -0.3 is 11.1 Å². The highest BCUT2D eigenvalue weighted by Crippen LogP contribution is 2.02. The SMILES string of the molecule is CC(=O)[C@@H](NC(=O)[C@H](C)N)C(C)C. The van der Waals surface area contributed by atoms with Gasteiger partial charge in [0.2, 0.25) is 5.91 Å². The second-order valence-electron chi connectivity index (χ2n) is 3.63. The van der Waals surface area contributed by atoms with Crippen LogP contribution in [-0.4, -0.2) is 23.8 Å². The van der Waals surface area contributed by atoms with Crippen molar-refractivity contribution in [1.29, 1.82) is 0 Å². The van der Waals surface area contributed by atoms with E-state index in [1.54, 1.807) is 6.92 Å². The maximum absolute atomic E-state index is 11.2. The Bertz CT molecular complexity index is 200. The van der Waals surface area contributed by atoms with Crippen LogP contribution in [0.4, 0.5) is 0 Å². The van der Waals surface area contributed by atoms with E-state index in [0.29, 0.717) is 0 Å². The zero-order valence-corrected chi connectivity index (χ0v) is 8.63. The van der Waals surface area contributed by atoms with Gasteiger partial charge in [-0.1, -0.05) is 13.8 Å². The van der Waals surface area contributed by atoms with Gasteiger partial charge >= 0.3 is 0 Å². The summed E-state index contributed by atoms with van der Waals surface area (Å²) >= 11 is 0. The molecule has 3 N–H and O–H groups in total. The zero-order valence-electron chi connectivity index (χ0n) is 8.63. The monoisotopic (exact) mass is 186 g/mol. The average Bonchev–Trinajstić information content (AvgIpc) is 1.97. The molecule has 1 amide bonds. The van der Waals surface area contributed by atoms with Crippen LogP contribution in [0.25, 0.3) is 0 Å². The summed E-state index contributed by atoms with van der Waals surface area (Å²) in [7, 11) is 0. The van der Waals surface area contributed by atoms with E-state index in [1.807, 2.05) is 13.8 Å². The van der Waals surface area contributed by atoms with E-state index in [-0.39, 0.29) is 17.6 Å². The maximum Gasteiger partial charge on any atom is 0.237 e. The Morgan fingerprint density at radius 3 is 1.92 bits per heavy atom. The molecule has 13 heavy (non-hydrogen) atoms. The minimum Gasteiger partial charge on any atom is -0.345 e. The van der Waals surface area contributed by atoms with Gasteiger partial charge in [0.15, 0.2) is 5.78 Å². The van der Waals surface area contributed by atoms with E-state index in [9.17, 15) is 9.59 Å². The van der Waals surface area contributed by atoms with Crippen molar-refractivity contribution in [2.75, 3.05) is 0 Å². The minimum atomic E-state index is -0.569. The van der Waals surface area contributed by atoms with Crippen molar-refractivity contribution >= 4 is 11.7 Å². The van der Waals surface area contributed by atoms with Gasteiger partial charge in [-0.15, -0.1) is 0 Å². The maximum atomic E-state index is 11.2. The third kappa shape index (κ3) is 4.03. The van der Waals surface area contributed by atoms with Crippen LogP contribution in [0.5, 0.6) is 0 Å². The summed E-state index contributed by atoms with van der Waals surface area (Å²) in [5.74, 6) is -0.224. The van der Waals surface area contributed by atoms with Gasteiger partial charge in [0.25, 0.3) is 0 Å². The molecule has 0 spiro atoms. The van der Waals surface area contributed by atoms with E-state index in [0.717, 1.165) is 0 Å². The number of carbonyl (C=O) groups is 2. The summed E-state index contributed by atoms with van der Waals surface area (Å²) in [6.07, 6.45) is 0. The highest BCUT2D eigenvalue weighted by atomic mass is 16.2. The molecule has 0 radical (unpaired) electrons. The van der Waals surface area contributed by atoms with Gasteiger partial charge in [-0.25, -0.2) is 0 Å². The van der Waals surface area contributed by atoms with Gasteiger partial charge in [-0.2, -0.15) is 0 Å². The average molecular weight is 186 g/mol. The Balaban J connectivity index is 4.27. The highest BCUT2D eigenvalue weighted by Gasteiger charge is 2.21. The number of hydrogen-bond acceptors (Lipinski definition) is 3. The lowest BCUT2D eigenvalue weighted by atomic mass is 10.0. The molecule has 0 aromatic heterocycles. The Morgan fingerprint density at radius 1 is 1.23 bits per heavy atom. The van der Waals surface area contributed by atoms with Crippen LogP contribution in [0.2, 0.25) is 0 Å². The Labute approximate surface area is 78.9 Å². The van der Waals surface area contributed by atoms with Crippen molar-refractivity contribution in [1.82, 2.24) is 5.32 Å². The molecule has 0 aliphatic heterocycles. The lowest BCUT2D eigenvalue weighted by Crippen LogP contribution is -2.48. The zero-order chi connectivity index (χ0) is 10.6. The first-order chi connectivity index (χ1) is 5.86. The molecule has 76 valence electrons. The predicted molar refractivity (Wildman–Crippen MR) is 51.1 cm³/mol. The number of ketones is 1. The fourth-order valence-electron chi connectivity index (χ4n) is 1.02. The first-order valence-corrected chi connectivity index (χ1v) is 4.42. The van der Waals surface area contributed by atoms with E-state index in [2.05, 4.69) is 5.32 Å². The van der Waals surface area contributed by atoms with Gasteiger partial charge in [0.1, 0.15) is 0 Å². The molecule has 0 saturated heterocycles. The Hall–Kier alpha value is -0.900. The normalized spacial score (nSPS) is 15.2. The van der Waals surface area contributed by atoms with Crippen LogP contribution < -0.4 is 11.1 Å². The van der Waals surface area contributed by atoms with E-state index < -0.39 is 12.1 Å². The van der Waals surface area contributed by atoms with Crippen molar-refractivity contribution in [3.8, 4) is 0 Å². The molecule has 0 rings (SSSR count). The number of nitrogens with one attached hydrogen (secondary N) is 1. The van der Waals surface area contributed by atoms with Gasteiger partial charge in [-0.3, -0.25) is 9.59 Å². The second-order valence-corrected chi connectivity index (χ2v) is 3.63. The molecule has 0 heterocycles. The predicted octanol–water partition coefficient (Wildman–Crippen LogP) is 0.0634. The summed E-state index contributed by atoms with van der Waals surface area (Å²) in [4.78, 5) is 22.3. The summed E-state index contributed by atoms with van der Waals surface area (Å²) in [6.45, 7) is 6.82. The van der Waals surface area contributed by atoms with Gasteiger partial charge in [0.05, 0.1) is 12.1 Å². The number of Topliss-reactive ketones (excluding diaryl/α,β-unsaturated/α-hetero) is 1. The van der Waals surface area contributed by atoms with Crippen LogP contribution in [0, 0.1) is 5.92 Å². The van der Waals surface area contributed by atoms with Crippen molar-refractivity contribution in [3.05, 3.63) is 0 Å². The molecule has 4 nitrogen and oxygen atoms in total. The molecular weight excluding hydrogens is 168 g/mol. The van der Waals surface area contributed by atoms with Crippen molar-refractivity contribution in [2.45, 2.75) is 39.8 Å². The molecular formula is C9H18N2O2. The van der Waals surface area contributed by atoms with Crippen molar-refractivity contribution < 1.29 is 9.59 Å². The van der Waals surface area contributed by atoms with Crippen LogP contribution in [0.15, 0.2) is 0 Å². The quantitative estimate of drug-likeness (QED) is 0.652. The Morgan fingerprint density at radius 2 is 1.69 bits per heavy atom. The van der Waals surface area contributed by atoms with E-state index >= 15 is 0 Å². The molecule has 0 unspecified atom stereocenters. The van der Waals surface area contributed by atoms with Crippen molar-refractivity contribution in [2.24, 2.45) is 11.7 Å². The number of nitrogens with two attached hydrogens (primary N) is 1. The summed E-state index contributed by atoms with van der Waals surface area (Å²) in [5, 5.41) is 2.60. The summed E-state index contributed by atoms with van der Waals surface area (Å²) < 4.78 is 0. The van der Waals surface area contributed by atoms with Crippen LogP contribution in [-0.2, 0) is 9.59 Å². The molecule has 0 fully saturated rings. The highest BCUT2D eigenvalue weighted by molar-refractivity contribution is 5.89. The number of hydrogen-bond donors (Lipinski definition) is 2. The number of amides is 1. The van der Waals surface area contributed by atoms with Crippen LogP contribution in [0.1, 0.15) is 27.7 Å². The van der Waals surface area contributed by atoms with Gasteiger partial charge in [-0.05, 0) is 19.8 Å². The lowest BCUT2D eigenvalue weighted by Gasteiger charge is -2.20. The van der Waals surface area contributed by atoms with E-state index in [4.69, 9.17) is 5.73 Å². The molecule has 0 aliphatic rings. The smallest absolute Gasteiger partial charge is 0.237 e. The molecule has 4 heteroatoms. The molecule has 0 aliphatic carbocycles. The topological polar surface area (TPSA) is 72.2 Å². The summed E-state index contributed by atoms with van der Waals surface area (Å²) in [6, 6.07) is -0.987. The van der Waals surface area contributed by atoms with Crippen LogP contribution >= 0.6 is 0 Å². The molecule has 0 aromatic rings. The van der Waals surface area contributed by atoms with Crippen LogP contribution in [0.3, 0.4) is 0 Å². The van der Waals surface area contributed by atoms with Gasteiger partial charge in [0, 0.05) is 0 Å². The Kier molecular flexibility index (Phi) is 4.62. The minimum absolute atomic E-state index is 0.0380. The fraction of sp³-hybridized carbons (Fsp3) is 0.778. The number of carbonyl (C=O) groups excluding carboxylic acids is 2. The largest absolute Gasteiger partial charge is 0.345 e. The third-order valence-corrected chi connectivity index (χ3v) is 1.82. The first kappa shape index (κ1) is 12.1. The fourth-order valence-corrected chi connectivity index (χ4v) is 1.02. The second kappa shape index (κ2) is 4.97. The summed E-state index contributed by atoms with van der Waals surface area (Å²) in [5.41, 5.74) is 5.36. The van der Waals surface area contributed by atoms with E-state index in [1.165, 1.54) is 6.92 Å². The molecule has 0 saturated carbocycles. The number of rotatable bonds is 4.